The van der Waals surface area contributed by atoms with E-state index < -0.39 is 6.10 Å². The van der Waals surface area contributed by atoms with Crippen LogP contribution in [-0.4, -0.2) is 24.2 Å². The van der Waals surface area contributed by atoms with Gasteiger partial charge in [-0.15, -0.1) is 11.6 Å². The fourth-order valence-electron chi connectivity index (χ4n) is 1.07. The van der Waals surface area contributed by atoms with Crippen molar-refractivity contribution in [2.45, 2.75) is 6.10 Å². The predicted octanol–water partition coefficient (Wildman–Crippen LogP) is 2.31. The van der Waals surface area contributed by atoms with Gasteiger partial charge in [-0.05, 0) is 6.07 Å². The molecule has 0 saturated carbocycles. The van der Waals surface area contributed by atoms with Crippen molar-refractivity contribution in [2.75, 3.05) is 13.0 Å². The smallest absolute Gasteiger partial charge is 0.126 e. The van der Waals surface area contributed by atoms with Gasteiger partial charge >= 0.3 is 0 Å². The van der Waals surface area contributed by atoms with Crippen LogP contribution in [-0.2, 0) is 0 Å². The molecule has 0 fully saturated rings. The van der Waals surface area contributed by atoms with E-state index in [1.807, 2.05) is 24.3 Å². The number of halogens is 1. The summed E-state index contributed by atoms with van der Waals surface area (Å²) in [4.78, 5) is 0. The van der Waals surface area contributed by atoms with Gasteiger partial charge in [0.1, 0.15) is 5.75 Å². The highest BCUT2D eigenvalue weighted by molar-refractivity contribution is 6.18. The maximum absolute atomic E-state index is 9.22. The Bertz CT molecular complexity index is 310. The van der Waals surface area contributed by atoms with Gasteiger partial charge in [0.15, 0.2) is 0 Å². The first-order valence-electron chi connectivity index (χ1n) is 4.33. The number of hydrogen-bond acceptors (Lipinski definition) is 2. The average molecular weight is 213 g/mol. The second-order valence-corrected chi connectivity index (χ2v) is 3.13. The van der Waals surface area contributed by atoms with Crippen molar-refractivity contribution in [1.29, 1.82) is 0 Å². The van der Waals surface area contributed by atoms with Crippen molar-refractivity contribution in [3.05, 3.63) is 35.9 Å². The van der Waals surface area contributed by atoms with E-state index in [9.17, 15) is 5.11 Å². The molecule has 14 heavy (non-hydrogen) atoms. The first-order valence-corrected chi connectivity index (χ1v) is 4.86. The van der Waals surface area contributed by atoms with E-state index >= 15 is 0 Å². The molecule has 1 aromatic rings. The number of benzene rings is 1. The van der Waals surface area contributed by atoms with E-state index in [2.05, 4.69) is 0 Å². The maximum atomic E-state index is 9.22. The van der Waals surface area contributed by atoms with Gasteiger partial charge in [-0.2, -0.15) is 0 Å². The Labute approximate surface area is 88.8 Å². The molecule has 1 rings (SSSR count). The summed E-state index contributed by atoms with van der Waals surface area (Å²) in [6, 6.07) is 7.59. The van der Waals surface area contributed by atoms with Crippen LogP contribution >= 0.6 is 11.6 Å². The average Bonchev–Trinajstić information content (AvgIpc) is 2.26. The monoisotopic (exact) mass is 212 g/mol. The van der Waals surface area contributed by atoms with Gasteiger partial charge in [0.2, 0.25) is 0 Å². The number of aliphatic hydroxyl groups is 1. The van der Waals surface area contributed by atoms with Crippen LogP contribution in [0, 0.1) is 0 Å². The Morgan fingerprint density at radius 2 is 2.21 bits per heavy atom. The molecule has 0 aliphatic heterocycles. The van der Waals surface area contributed by atoms with Crippen LogP contribution in [0.2, 0.25) is 0 Å². The molecule has 0 heterocycles. The fraction of sp³-hybridized carbons (Fsp3) is 0.273. The molecule has 0 aliphatic carbocycles. The van der Waals surface area contributed by atoms with E-state index in [-0.39, 0.29) is 5.88 Å². The van der Waals surface area contributed by atoms with Crippen molar-refractivity contribution < 1.29 is 9.84 Å². The lowest BCUT2D eigenvalue weighted by Crippen LogP contribution is -2.02. The minimum Gasteiger partial charge on any atom is -0.496 e. The second-order valence-electron chi connectivity index (χ2n) is 2.82. The van der Waals surface area contributed by atoms with E-state index in [1.54, 1.807) is 19.3 Å². The summed E-state index contributed by atoms with van der Waals surface area (Å²) in [5.41, 5.74) is 0.930. The molecule has 1 atom stereocenters. The number of aliphatic hydroxyl groups excluding tert-OH is 1. The second kappa shape index (κ2) is 5.68. The van der Waals surface area contributed by atoms with Crippen LogP contribution in [0.1, 0.15) is 5.56 Å². The minimum absolute atomic E-state index is 0.200. The summed E-state index contributed by atoms with van der Waals surface area (Å²) in [7, 11) is 1.62. The lowest BCUT2D eigenvalue weighted by atomic mass is 10.1. The van der Waals surface area contributed by atoms with E-state index in [1.165, 1.54) is 0 Å². The van der Waals surface area contributed by atoms with E-state index in [0.717, 1.165) is 11.3 Å². The Morgan fingerprint density at radius 3 is 2.86 bits per heavy atom. The van der Waals surface area contributed by atoms with Crippen LogP contribution < -0.4 is 4.74 Å². The van der Waals surface area contributed by atoms with Crippen molar-refractivity contribution in [3.63, 3.8) is 0 Å². The Balaban J connectivity index is 2.80. The molecule has 0 unspecified atom stereocenters. The number of para-hydroxylation sites is 1. The summed E-state index contributed by atoms with van der Waals surface area (Å²) in [5, 5.41) is 9.22. The minimum atomic E-state index is -0.610. The first-order chi connectivity index (χ1) is 6.77. The molecule has 0 aliphatic rings. The predicted molar refractivity (Wildman–Crippen MR) is 58.8 cm³/mol. The van der Waals surface area contributed by atoms with Crippen molar-refractivity contribution in [1.82, 2.24) is 0 Å². The quantitative estimate of drug-likeness (QED) is 0.777. The number of alkyl halides is 1. The summed E-state index contributed by atoms with van der Waals surface area (Å²) in [6.45, 7) is 0. The third-order valence-corrected chi connectivity index (χ3v) is 2.11. The van der Waals surface area contributed by atoms with Crippen LogP contribution in [0.4, 0.5) is 0 Å². The van der Waals surface area contributed by atoms with Gasteiger partial charge < -0.3 is 9.84 Å². The fourth-order valence-corrected chi connectivity index (χ4v) is 1.17. The number of rotatable bonds is 4. The summed E-state index contributed by atoms with van der Waals surface area (Å²) in [5.74, 6) is 0.983. The molecular weight excluding hydrogens is 200 g/mol. The molecule has 1 aromatic carbocycles. The van der Waals surface area contributed by atoms with Crippen LogP contribution in [0.25, 0.3) is 6.08 Å². The van der Waals surface area contributed by atoms with Crippen LogP contribution in [0.3, 0.4) is 0 Å². The number of hydrogen-bond donors (Lipinski definition) is 1. The zero-order chi connectivity index (χ0) is 10.4. The Hall–Kier alpha value is -0.990. The normalized spacial score (nSPS) is 13.1. The van der Waals surface area contributed by atoms with E-state index in [0.29, 0.717) is 0 Å². The Morgan fingerprint density at radius 1 is 1.50 bits per heavy atom. The molecule has 3 heteroatoms. The van der Waals surface area contributed by atoms with Gasteiger partial charge in [-0.1, -0.05) is 30.4 Å². The van der Waals surface area contributed by atoms with Gasteiger partial charge in [-0.25, -0.2) is 0 Å². The van der Waals surface area contributed by atoms with Crippen molar-refractivity contribution in [2.24, 2.45) is 0 Å². The first kappa shape index (κ1) is 11.1. The maximum Gasteiger partial charge on any atom is 0.126 e. The van der Waals surface area contributed by atoms with Crippen molar-refractivity contribution >= 4 is 17.7 Å². The topological polar surface area (TPSA) is 29.5 Å². The molecule has 0 radical (unpaired) electrons. The summed E-state index contributed by atoms with van der Waals surface area (Å²) in [6.07, 6.45) is 2.83. The zero-order valence-corrected chi connectivity index (χ0v) is 8.74. The van der Waals surface area contributed by atoms with Crippen LogP contribution in [0.15, 0.2) is 30.3 Å². The highest BCUT2D eigenvalue weighted by Gasteiger charge is 1.98. The molecular formula is C11H13ClO2. The number of methoxy groups -OCH3 is 1. The Kier molecular flexibility index (Phi) is 4.50. The van der Waals surface area contributed by atoms with Gasteiger partial charge in [0.25, 0.3) is 0 Å². The third kappa shape index (κ3) is 3.05. The lowest BCUT2D eigenvalue weighted by Gasteiger charge is -2.04. The van der Waals surface area contributed by atoms with E-state index in [4.69, 9.17) is 16.3 Å². The molecule has 1 N–H and O–H groups in total. The summed E-state index contributed by atoms with van der Waals surface area (Å²) < 4.78 is 5.15. The standard InChI is InChI=1S/C11H13ClO2/c1-14-11-5-3-2-4-9(11)6-7-10(13)8-12/h2-7,10,13H,8H2,1H3/b7-6+/t10-/m1/s1. The van der Waals surface area contributed by atoms with Gasteiger partial charge in [-0.3, -0.25) is 0 Å². The van der Waals surface area contributed by atoms with Gasteiger partial charge in [0, 0.05) is 5.56 Å². The molecule has 0 aromatic heterocycles. The molecule has 0 saturated heterocycles. The van der Waals surface area contributed by atoms with Crippen molar-refractivity contribution in [3.8, 4) is 5.75 Å². The zero-order valence-electron chi connectivity index (χ0n) is 7.98. The molecule has 0 spiro atoms. The molecule has 76 valence electrons. The summed E-state index contributed by atoms with van der Waals surface area (Å²) >= 11 is 5.46. The SMILES string of the molecule is COc1ccccc1/C=C/[C@@H](O)CCl. The van der Waals surface area contributed by atoms with Crippen LogP contribution in [0.5, 0.6) is 5.75 Å². The van der Waals surface area contributed by atoms with Gasteiger partial charge in [0.05, 0.1) is 19.1 Å². The molecule has 0 amide bonds. The third-order valence-electron chi connectivity index (χ3n) is 1.79. The lowest BCUT2D eigenvalue weighted by molar-refractivity contribution is 0.248. The molecule has 0 bridgehead atoms. The number of ether oxygens (including phenoxy) is 1. The molecule has 2 nitrogen and oxygen atoms in total. The highest BCUT2D eigenvalue weighted by Crippen LogP contribution is 2.18. The highest BCUT2D eigenvalue weighted by atomic mass is 35.5. The largest absolute Gasteiger partial charge is 0.496 e.